The molecule has 0 unspecified atom stereocenters. The largest absolute Gasteiger partial charge is 0.479 e. The number of ether oxygens (including phenoxy) is 2. The van der Waals surface area contributed by atoms with Crippen molar-refractivity contribution in [2.45, 2.75) is 19.6 Å². The summed E-state index contributed by atoms with van der Waals surface area (Å²) in [6, 6.07) is 12.3. The maximum absolute atomic E-state index is 12.0. The second-order valence-corrected chi connectivity index (χ2v) is 6.07. The number of hydrogen-bond donors (Lipinski definition) is 0. The molecule has 0 bridgehead atoms. The number of nitrogens with zero attached hydrogens (tertiary/aromatic N) is 2. The van der Waals surface area contributed by atoms with Crippen molar-refractivity contribution in [1.29, 1.82) is 5.26 Å². The Kier molecular flexibility index (Phi) is 5.11. The van der Waals surface area contributed by atoms with Crippen LogP contribution in [0.1, 0.15) is 18.2 Å². The Morgan fingerprint density at radius 2 is 2.16 bits per heavy atom. The fourth-order valence-corrected chi connectivity index (χ4v) is 2.66. The van der Waals surface area contributed by atoms with E-state index in [0.717, 1.165) is 4.88 Å². The predicted molar refractivity (Wildman–Crippen MR) is 90.9 cm³/mol. The lowest BCUT2D eigenvalue weighted by molar-refractivity contribution is -0.152. The van der Waals surface area contributed by atoms with Gasteiger partial charge in [-0.1, -0.05) is 6.07 Å². The molecule has 0 N–H and O–H groups in total. The van der Waals surface area contributed by atoms with Crippen LogP contribution in [0.25, 0.3) is 10.8 Å². The molecule has 0 saturated heterocycles. The van der Waals surface area contributed by atoms with Gasteiger partial charge in [-0.05, 0) is 42.6 Å². The lowest BCUT2D eigenvalue weighted by Crippen LogP contribution is -2.26. The molecule has 2 aromatic heterocycles. The summed E-state index contributed by atoms with van der Waals surface area (Å²) >= 11 is 1.52. The standard InChI is InChI=1S/C18H14N2O4S/c1-12(24-15-6-4-13(9-19)5-7-15)18(21)23-11-14-10-22-17(20-14)16-3-2-8-25-16/h2-8,10,12H,11H2,1H3/t12-/m0/s1. The Hall–Kier alpha value is -3.11. The maximum atomic E-state index is 12.0. The molecule has 7 heteroatoms. The number of nitriles is 1. The van der Waals surface area contributed by atoms with E-state index in [9.17, 15) is 4.79 Å². The van der Waals surface area contributed by atoms with E-state index in [2.05, 4.69) is 4.98 Å². The fourth-order valence-electron chi connectivity index (χ4n) is 2.01. The Balaban J connectivity index is 1.52. The van der Waals surface area contributed by atoms with Gasteiger partial charge in [0.15, 0.2) is 6.10 Å². The highest BCUT2D eigenvalue weighted by atomic mass is 32.1. The van der Waals surface area contributed by atoms with Crippen LogP contribution in [-0.4, -0.2) is 17.1 Å². The van der Waals surface area contributed by atoms with Crippen LogP contribution in [0.2, 0.25) is 0 Å². The van der Waals surface area contributed by atoms with Gasteiger partial charge in [0.1, 0.15) is 24.3 Å². The minimum atomic E-state index is -0.781. The minimum Gasteiger partial charge on any atom is -0.479 e. The Bertz CT molecular complexity index is 879. The highest BCUT2D eigenvalue weighted by molar-refractivity contribution is 7.13. The molecule has 0 spiro atoms. The molecule has 0 saturated carbocycles. The number of carbonyl (C=O) groups is 1. The molecular formula is C18H14N2O4S. The first-order chi connectivity index (χ1) is 12.2. The summed E-state index contributed by atoms with van der Waals surface area (Å²) in [5.41, 5.74) is 1.05. The second-order valence-electron chi connectivity index (χ2n) is 5.13. The number of aromatic nitrogens is 1. The molecule has 1 atom stereocenters. The highest BCUT2D eigenvalue weighted by Crippen LogP contribution is 2.23. The van der Waals surface area contributed by atoms with Crippen molar-refractivity contribution < 1.29 is 18.7 Å². The van der Waals surface area contributed by atoms with Crippen LogP contribution >= 0.6 is 11.3 Å². The van der Waals surface area contributed by atoms with Gasteiger partial charge in [0.05, 0.1) is 16.5 Å². The topological polar surface area (TPSA) is 85.3 Å². The zero-order chi connectivity index (χ0) is 17.6. The van der Waals surface area contributed by atoms with Crippen LogP contribution in [0.15, 0.2) is 52.5 Å². The van der Waals surface area contributed by atoms with Crippen LogP contribution in [0, 0.1) is 11.3 Å². The molecule has 0 aliphatic rings. The lowest BCUT2D eigenvalue weighted by atomic mass is 10.2. The summed E-state index contributed by atoms with van der Waals surface area (Å²) in [5.74, 6) is 0.484. The maximum Gasteiger partial charge on any atom is 0.347 e. The molecule has 0 amide bonds. The van der Waals surface area contributed by atoms with Crippen LogP contribution < -0.4 is 4.74 Å². The third-order valence-electron chi connectivity index (χ3n) is 3.27. The van der Waals surface area contributed by atoms with Gasteiger partial charge in [-0.25, -0.2) is 9.78 Å². The van der Waals surface area contributed by atoms with E-state index in [1.165, 1.54) is 17.6 Å². The van der Waals surface area contributed by atoms with E-state index in [4.69, 9.17) is 19.2 Å². The Morgan fingerprint density at radius 1 is 1.36 bits per heavy atom. The van der Waals surface area contributed by atoms with Gasteiger partial charge in [0, 0.05) is 0 Å². The second kappa shape index (κ2) is 7.64. The van der Waals surface area contributed by atoms with E-state index in [-0.39, 0.29) is 6.61 Å². The molecule has 0 aliphatic heterocycles. The molecule has 1 aromatic carbocycles. The van der Waals surface area contributed by atoms with Crippen molar-refractivity contribution >= 4 is 17.3 Å². The van der Waals surface area contributed by atoms with Gasteiger partial charge in [-0.3, -0.25) is 0 Å². The summed E-state index contributed by atoms with van der Waals surface area (Å²) in [7, 11) is 0. The lowest BCUT2D eigenvalue weighted by Gasteiger charge is -2.13. The van der Waals surface area contributed by atoms with E-state index in [0.29, 0.717) is 22.9 Å². The molecule has 0 fully saturated rings. The fraction of sp³-hybridized carbons (Fsp3) is 0.167. The molecule has 25 heavy (non-hydrogen) atoms. The van der Waals surface area contributed by atoms with Crippen molar-refractivity contribution in [2.24, 2.45) is 0 Å². The zero-order valence-electron chi connectivity index (χ0n) is 13.3. The molecule has 126 valence electrons. The quantitative estimate of drug-likeness (QED) is 0.626. The number of rotatable bonds is 6. The van der Waals surface area contributed by atoms with E-state index < -0.39 is 12.1 Å². The van der Waals surface area contributed by atoms with Crippen molar-refractivity contribution in [3.8, 4) is 22.6 Å². The van der Waals surface area contributed by atoms with Crippen molar-refractivity contribution in [3.63, 3.8) is 0 Å². The SMILES string of the molecule is C[C@H](Oc1ccc(C#N)cc1)C(=O)OCc1coc(-c2cccs2)n1. The van der Waals surface area contributed by atoms with Crippen LogP contribution in [0.4, 0.5) is 0 Å². The number of hydrogen-bond acceptors (Lipinski definition) is 7. The molecule has 0 aliphatic carbocycles. The van der Waals surface area contributed by atoms with E-state index in [1.54, 1.807) is 31.2 Å². The average molecular weight is 354 g/mol. The number of benzene rings is 1. The van der Waals surface area contributed by atoms with E-state index in [1.807, 2.05) is 23.6 Å². The van der Waals surface area contributed by atoms with Gasteiger partial charge < -0.3 is 13.9 Å². The number of oxazole rings is 1. The average Bonchev–Trinajstić information content (AvgIpc) is 3.31. The van der Waals surface area contributed by atoms with Crippen LogP contribution in [-0.2, 0) is 16.1 Å². The monoisotopic (exact) mass is 354 g/mol. The summed E-state index contributed by atoms with van der Waals surface area (Å²) in [6.45, 7) is 1.61. The van der Waals surface area contributed by atoms with Crippen LogP contribution in [0.3, 0.4) is 0 Å². The summed E-state index contributed by atoms with van der Waals surface area (Å²) in [5, 5.41) is 10.7. The molecule has 2 heterocycles. The zero-order valence-corrected chi connectivity index (χ0v) is 14.2. The van der Waals surface area contributed by atoms with Gasteiger partial charge in [-0.2, -0.15) is 5.26 Å². The predicted octanol–water partition coefficient (Wildman–Crippen LogP) is 3.79. The van der Waals surface area contributed by atoms with E-state index >= 15 is 0 Å². The third-order valence-corrected chi connectivity index (χ3v) is 4.13. The van der Waals surface area contributed by atoms with Crippen LogP contribution in [0.5, 0.6) is 5.75 Å². The number of esters is 1. The molecule has 3 rings (SSSR count). The van der Waals surface area contributed by atoms with Crippen molar-refractivity contribution in [1.82, 2.24) is 4.98 Å². The first-order valence-corrected chi connectivity index (χ1v) is 8.35. The Labute approximate surface area is 148 Å². The first kappa shape index (κ1) is 16.7. The Morgan fingerprint density at radius 3 is 2.84 bits per heavy atom. The molecule has 6 nitrogen and oxygen atoms in total. The molecular weight excluding hydrogens is 340 g/mol. The van der Waals surface area contributed by atoms with Gasteiger partial charge in [0.25, 0.3) is 0 Å². The van der Waals surface area contributed by atoms with Gasteiger partial charge >= 0.3 is 5.97 Å². The van der Waals surface area contributed by atoms with Gasteiger partial charge in [0.2, 0.25) is 5.89 Å². The summed E-state index contributed by atoms with van der Waals surface area (Å²) in [6.07, 6.45) is 0.686. The normalized spacial score (nSPS) is 11.5. The van der Waals surface area contributed by atoms with Gasteiger partial charge in [-0.15, -0.1) is 11.3 Å². The smallest absolute Gasteiger partial charge is 0.347 e. The highest BCUT2D eigenvalue weighted by Gasteiger charge is 2.17. The summed E-state index contributed by atoms with van der Waals surface area (Å²) < 4.78 is 16.1. The van der Waals surface area contributed by atoms with Crippen molar-refractivity contribution in [2.75, 3.05) is 0 Å². The third kappa shape index (κ3) is 4.25. The number of thiophene rings is 1. The van der Waals surface area contributed by atoms with Crippen molar-refractivity contribution in [3.05, 3.63) is 59.3 Å². The molecule has 0 radical (unpaired) electrons. The first-order valence-electron chi connectivity index (χ1n) is 7.47. The number of carbonyl (C=O) groups excluding carboxylic acids is 1. The summed E-state index contributed by atoms with van der Waals surface area (Å²) in [4.78, 5) is 17.2. The molecule has 3 aromatic rings. The minimum absolute atomic E-state index is 0.00871.